The Morgan fingerprint density at radius 2 is 1.32 bits per heavy atom. The predicted molar refractivity (Wildman–Crippen MR) is 169 cm³/mol. The summed E-state index contributed by atoms with van der Waals surface area (Å²) in [6, 6.07) is 19.0. The van der Waals surface area contributed by atoms with Crippen molar-refractivity contribution < 1.29 is 18.8 Å². The van der Waals surface area contributed by atoms with Crippen molar-refractivity contribution in [1.29, 1.82) is 0 Å². The monoisotopic (exact) mass is 552 g/mol. The van der Waals surface area contributed by atoms with Crippen LogP contribution in [0.5, 0.6) is 5.75 Å². The number of rotatable bonds is 22. The summed E-state index contributed by atoms with van der Waals surface area (Å²) in [5.41, 5.74) is 2.65. The highest BCUT2D eigenvalue weighted by molar-refractivity contribution is 5.72. The molecule has 2 atom stereocenters. The third-order valence-electron chi connectivity index (χ3n) is 7.91. The Hall–Kier alpha value is -2.33. The minimum absolute atomic E-state index is 0.115. The Labute approximate surface area is 246 Å². The lowest BCUT2D eigenvalue weighted by atomic mass is 10.0. The fourth-order valence-electron chi connectivity index (χ4n) is 5.38. The quantitative estimate of drug-likeness (QED) is 0.0830. The predicted octanol–water partition coefficient (Wildman–Crippen LogP) is 9.15. The molecule has 0 aliphatic rings. The van der Waals surface area contributed by atoms with Crippen LogP contribution in [0.15, 0.2) is 54.6 Å². The van der Waals surface area contributed by atoms with Crippen molar-refractivity contribution in [1.82, 2.24) is 0 Å². The van der Waals surface area contributed by atoms with Gasteiger partial charge in [0.1, 0.15) is 30.9 Å². The zero-order chi connectivity index (χ0) is 29.1. The molecule has 40 heavy (non-hydrogen) atoms. The maximum atomic E-state index is 13.0. The molecule has 0 aromatic heterocycles. The van der Waals surface area contributed by atoms with Gasteiger partial charge in [-0.05, 0) is 43.4 Å². The van der Waals surface area contributed by atoms with E-state index in [9.17, 15) is 4.79 Å². The first kappa shape index (κ1) is 33.9. The van der Waals surface area contributed by atoms with E-state index in [-0.39, 0.29) is 24.6 Å². The molecule has 0 saturated heterocycles. The van der Waals surface area contributed by atoms with Gasteiger partial charge in [-0.25, -0.2) is 0 Å². The van der Waals surface area contributed by atoms with Crippen molar-refractivity contribution >= 4 is 5.97 Å². The van der Waals surface area contributed by atoms with E-state index < -0.39 is 0 Å². The number of carbonyl (C=O) groups excluding carboxylic acids is 1. The zero-order valence-electron chi connectivity index (χ0n) is 26.3. The summed E-state index contributed by atoms with van der Waals surface area (Å²) in [6.45, 7) is 8.36. The van der Waals surface area contributed by atoms with Gasteiger partial charge in [0.2, 0.25) is 0 Å². The van der Waals surface area contributed by atoms with Gasteiger partial charge in [-0.3, -0.25) is 4.79 Å². The van der Waals surface area contributed by atoms with Gasteiger partial charge in [-0.2, -0.15) is 0 Å². The van der Waals surface area contributed by atoms with Crippen molar-refractivity contribution in [2.24, 2.45) is 5.92 Å². The van der Waals surface area contributed by atoms with E-state index in [1.807, 2.05) is 6.07 Å². The molecular weight excluding hydrogens is 494 g/mol. The van der Waals surface area contributed by atoms with Gasteiger partial charge in [0.25, 0.3) is 0 Å². The van der Waals surface area contributed by atoms with Crippen molar-refractivity contribution in [3.63, 3.8) is 0 Å². The van der Waals surface area contributed by atoms with Crippen LogP contribution in [0.4, 0.5) is 0 Å². The van der Waals surface area contributed by atoms with Crippen LogP contribution in [0.1, 0.15) is 109 Å². The molecule has 0 spiro atoms. The van der Waals surface area contributed by atoms with E-state index in [4.69, 9.17) is 9.47 Å². The number of unbranched alkanes of at least 4 members (excludes halogenated alkanes) is 9. The Bertz CT molecular complexity index is 909. The average molecular weight is 553 g/mol. The van der Waals surface area contributed by atoms with Crippen molar-refractivity contribution in [2.75, 3.05) is 27.2 Å². The lowest BCUT2D eigenvalue weighted by molar-refractivity contribution is -0.906. The lowest BCUT2D eigenvalue weighted by Crippen LogP contribution is -2.45. The smallest absolute Gasteiger partial charge is 0.314 e. The molecule has 0 fully saturated rings. The Kier molecular flexibility index (Phi) is 16.7. The maximum Gasteiger partial charge on any atom is 0.314 e. The van der Waals surface area contributed by atoms with E-state index in [1.54, 1.807) is 0 Å². The normalized spacial score (nSPS) is 13.1. The number of ether oxygens (including phenoxy) is 2. The van der Waals surface area contributed by atoms with E-state index in [0.29, 0.717) is 0 Å². The first-order chi connectivity index (χ1) is 19.4. The molecule has 2 aromatic rings. The largest absolute Gasteiger partial charge is 0.487 e. The molecule has 4 nitrogen and oxygen atoms in total. The molecule has 0 heterocycles. The van der Waals surface area contributed by atoms with Crippen LogP contribution in [0.25, 0.3) is 0 Å². The molecular formula is C36H58NO3+. The maximum absolute atomic E-state index is 13.0. The van der Waals surface area contributed by atoms with Crippen molar-refractivity contribution in [3.8, 4) is 5.75 Å². The number of carbonyl (C=O) groups is 1. The van der Waals surface area contributed by atoms with Gasteiger partial charge in [0, 0.05) is 5.56 Å². The van der Waals surface area contributed by atoms with Crippen molar-refractivity contribution in [3.05, 3.63) is 65.7 Å². The lowest BCUT2D eigenvalue weighted by Gasteiger charge is -2.32. The van der Waals surface area contributed by atoms with Crippen LogP contribution in [0, 0.1) is 5.92 Å². The second-order valence-electron chi connectivity index (χ2n) is 12.2. The first-order valence-electron chi connectivity index (χ1n) is 16.1. The Morgan fingerprint density at radius 1 is 0.725 bits per heavy atom. The number of benzene rings is 2. The summed E-state index contributed by atoms with van der Waals surface area (Å²) in [4.78, 5) is 13.0. The molecule has 2 rings (SSSR count). The Balaban J connectivity index is 1.68. The van der Waals surface area contributed by atoms with Crippen LogP contribution in [0.3, 0.4) is 0 Å². The van der Waals surface area contributed by atoms with E-state index in [2.05, 4.69) is 83.4 Å². The van der Waals surface area contributed by atoms with Crippen LogP contribution in [-0.2, 0) is 22.5 Å². The van der Waals surface area contributed by atoms with Gasteiger partial charge in [0.15, 0.2) is 0 Å². The first-order valence-corrected chi connectivity index (χ1v) is 16.1. The zero-order valence-corrected chi connectivity index (χ0v) is 26.3. The minimum atomic E-state index is -0.138. The number of esters is 1. The summed E-state index contributed by atoms with van der Waals surface area (Å²) < 4.78 is 12.7. The molecule has 0 bridgehead atoms. The van der Waals surface area contributed by atoms with Gasteiger partial charge >= 0.3 is 5.97 Å². The molecule has 0 amide bonds. The van der Waals surface area contributed by atoms with Gasteiger partial charge in [-0.1, -0.05) is 121 Å². The van der Waals surface area contributed by atoms with E-state index >= 15 is 0 Å². The second-order valence-corrected chi connectivity index (χ2v) is 12.2. The van der Waals surface area contributed by atoms with E-state index in [0.717, 1.165) is 42.6 Å². The average Bonchev–Trinajstić information content (AvgIpc) is 2.95. The molecule has 0 saturated carbocycles. The summed E-state index contributed by atoms with van der Waals surface area (Å²) in [7, 11) is 4.36. The third-order valence-corrected chi connectivity index (χ3v) is 7.91. The second kappa shape index (κ2) is 19.7. The minimum Gasteiger partial charge on any atom is -0.487 e. The summed E-state index contributed by atoms with van der Waals surface area (Å²) in [5.74, 6) is 0.611. The number of aryl methyl sites for hydroxylation is 1. The molecule has 0 aliphatic heterocycles. The number of quaternary nitrogens is 1. The number of hydrogen-bond acceptors (Lipinski definition) is 3. The van der Waals surface area contributed by atoms with Gasteiger partial charge in [0.05, 0.1) is 20.6 Å². The topological polar surface area (TPSA) is 35.5 Å². The van der Waals surface area contributed by atoms with Crippen LogP contribution >= 0.6 is 0 Å². The fraction of sp³-hybridized carbons (Fsp3) is 0.639. The van der Waals surface area contributed by atoms with Gasteiger partial charge in [-0.15, -0.1) is 0 Å². The molecule has 4 heteroatoms. The molecule has 2 aromatic carbocycles. The van der Waals surface area contributed by atoms with Crippen LogP contribution < -0.4 is 4.74 Å². The SMILES string of the molecule is CCCCCCCCCCCCc1ccc(OC(CC)COC(=O)C(CC)C[N+](C)(C)Cc2ccccc2)cc1. The highest BCUT2D eigenvalue weighted by Crippen LogP contribution is 2.19. The van der Waals surface area contributed by atoms with Crippen molar-refractivity contribution in [2.45, 2.75) is 117 Å². The molecule has 2 unspecified atom stereocenters. The standard InChI is InChI=1S/C36H58NO3/c1-6-9-10-11-12-13-14-15-16-18-21-31-24-26-35(27-25-31)40-34(8-3)30-39-36(38)33(7-2)29-37(4,5)28-32-22-19-17-20-23-32/h17,19-20,22-27,33-34H,6-16,18,21,28-30H2,1-5H3/q+1. The van der Waals surface area contributed by atoms with Crippen LogP contribution in [-0.4, -0.2) is 43.8 Å². The number of hydrogen-bond donors (Lipinski definition) is 0. The molecule has 0 aliphatic carbocycles. The summed E-state index contributed by atoms with van der Waals surface area (Å²) in [6.07, 6.45) is 16.2. The Morgan fingerprint density at radius 3 is 1.90 bits per heavy atom. The molecule has 0 radical (unpaired) electrons. The number of nitrogens with zero attached hydrogens (tertiary/aromatic N) is 1. The molecule has 0 N–H and O–H groups in total. The summed E-state index contributed by atoms with van der Waals surface area (Å²) in [5, 5.41) is 0. The summed E-state index contributed by atoms with van der Waals surface area (Å²) >= 11 is 0. The molecule has 224 valence electrons. The highest BCUT2D eigenvalue weighted by Gasteiger charge is 2.28. The van der Waals surface area contributed by atoms with E-state index in [1.165, 1.54) is 75.3 Å². The highest BCUT2D eigenvalue weighted by atomic mass is 16.6. The third kappa shape index (κ3) is 14.3. The van der Waals surface area contributed by atoms with Crippen LogP contribution in [0.2, 0.25) is 0 Å². The van der Waals surface area contributed by atoms with Gasteiger partial charge < -0.3 is 14.0 Å². The fourth-order valence-corrected chi connectivity index (χ4v) is 5.38.